The van der Waals surface area contributed by atoms with Crippen molar-refractivity contribution in [1.29, 1.82) is 0 Å². The number of carboxylic acids is 1. The standard InChI is InChI=1S/C13H16N4O3/c1-4-16(3)12(18)8(2)17-11-7-9(13(19)20)5-6-10(11)14-15-17/h5-8H,4H2,1-3H3,(H,19,20). The van der Waals surface area contributed by atoms with Gasteiger partial charge < -0.3 is 10.0 Å². The topological polar surface area (TPSA) is 88.3 Å². The van der Waals surface area contributed by atoms with Crippen molar-refractivity contribution in [1.82, 2.24) is 19.9 Å². The quantitative estimate of drug-likeness (QED) is 0.905. The highest BCUT2D eigenvalue weighted by atomic mass is 16.4. The summed E-state index contributed by atoms with van der Waals surface area (Å²) in [5.41, 5.74) is 1.24. The van der Waals surface area contributed by atoms with Crippen molar-refractivity contribution in [3.63, 3.8) is 0 Å². The average molecular weight is 276 g/mol. The van der Waals surface area contributed by atoms with Gasteiger partial charge in [0.05, 0.1) is 11.1 Å². The third kappa shape index (κ3) is 2.34. The van der Waals surface area contributed by atoms with Gasteiger partial charge in [0, 0.05) is 13.6 Å². The minimum atomic E-state index is -1.02. The normalized spacial score (nSPS) is 12.3. The lowest BCUT2D eigenvalue weighted by molar-refractivity contribution is -0.132. The molecule has 0 spiro atoms. The Hall–Kier alpha value is -2.44. The van der Waals surface area contributed by atoms with Crippen LogP contribution in [0.15, 0.2) is 18.2 Å². The Bertz CT molecular complexity index is 665. The van der Waals surface area contributed by atoms with Gasteiger partial charge in [-0.3, -0.25) is 4.79 Å². The molecule has 7 heteroatoms. The lowest BCUT2D eigenvalue weighted by Gasteiger charge is -2.19. The number of aromatic carboxylic acids is 1. The third-order valence-electron chi connectivity index (χ3n) is 3.29. The highest BCUT2D eigenvalue weighted by Crippen LogP contribution is 2.18. The zero-order valence-electron chi connectivity index (χ0n) is 11.6. The van der Waals surface area contributed by atoms with E-state index in [1.165, 1.54) is 16.8 Å². The van der Waals surface area contributed by atoms with E-state index in [-0.39, 0.29) is 11.5 Å². The molecule has 1 amide bonds. The zero-order valence-corrected chi connectivity index (χ0v) is 11.6. The molecule has 0 aliphatic rings. The minimum absolute atomic E-state index is 0.0972. The Morgan fingerprint density at radius 1 is 1.45 bits per heavy atom. The van der Waals surface area contributed by atoms with Crippen LogP contribution in [0, 0.1) is 0 Å². The second-order valence-electron chi connectivity index (χ2n) is 4.57. The predicted molar refractivity (Wildman–Crippen MR) is 72.5 cm³/mol. The lowest BCUT2D eigenvalue weighted by atomic mass is 10.2. The number of amides is 1. The molecule has 0 aliphatic heterocycles. The fourth-order valence-corrected chi connectivity index (χ4v) is 1.93. The van der Waals surface area contributed by atoms with Crippen molar-refractivity contribution in [3.05, 3.63) is 23.8 Å². The van der Waals surface area contributed by atoms with Gasteiger partial charge in [0.1, 0.15) is 11.6 Å². The van der Waals surface area contributed by atoms with Gasteiger partial charge in [0.2, 0.25) is 5.91 Å². The zero-order chi connectivity index (χ0) is 14.9. The molecule has 2 rings (SSSR count). The molecule has 2 aromatic rings. The summed E-state index contributed by atoms with van der Waals surface area (Å²) < 4.78 is 1.45. The highest BCUT2D eigenvalue weighted by Gasteiger charge is 2.21. The van der Waals surface area contributed by atoms with Crippen LogP contribution in [0.2, 0.25) is 0 Å². The second kappa shape index (κ2) is 5.28. The van der Waals surface area contributed by atoms with Gasteiger partial charge in [-0.2, -0.15) is 0 Å². The van der Waals surface area contributed by atoms with Crippen molar-refractivity contribution in [3.8, 4) is 0 Å². The molecule has 1 N–H and O–H groups in total. The number of aromatic nitrogens is 3. The second-order valence-corrected chi connectivity index (χ2v) is 4.57. The molecular weight excluding hydrogens is 260 g/mol. The van der Waals surface area contributed by atoms with Gasteiger partial charge in [-0.1, -0.05) is 5.21 Å². The summed E-state index contributed by atoms with van der Waals surface area (Å²) in [5, 5.41) is 16.9. The van der Waals surface area contributed by atoms with E-state index < -0.39 is 12.0 Å². The number of carboxylic acid groups (broad SMARTS) is 1. The van der Waals surface area contributed by atoms with E-state index in [2.05, 4.69) is 10.3 Å². The Morgan fingerprint density at radius 3 is 2.75 bits per heavy atom. The summed E-state index contributed by atoms with van der Waals surface area (Å²) in [6, 6.07) is 4.00. The van der Waals surface area contributed by atoms with Crippen LogP contribution < -0.4 is 0 Å². The summed E-state index contributed by atoms with van der Waals surface area (Å²) in [4.78, 5) is 24.7. The van der Waals surface area contributed by atoms with Crippen molar-refractivity contribution < 1.29 is 14.7 Å². The largest absolute Gasteiger partial charge is 0.478 e. The summed E-state index contributed by atoms with van der Waals surface area (Å²) in [6.45, 7) is 4.19. The molecule has 0 fully saturated rings. The van der Waals surface area contributed by atoms with E-state index in [0.717, 1.165) is 0 Å². The third-order valence-corrected chi connectivity index (χ3v) is 3.29. The number of hydrogen-bond acceptors (Lipinski definition) is 4. The maximum atomic E-state index is 12.2. The number of carbonyl (C=O) groups is 2. The maximum Gasteiger partial charge on any atom is 0.335 e. The Kier molecular flexibility index (Phi) is 3.69. The number of carbonyl (C=O) groups excluding carboxylic acids is 1. The summed E-state index contributed by atoms with van der Waals surface area (Å²) in [7, 11) is 1.71. The number of hydrogen-bond donors (Lipinski definition) is 1. The summed E-state index contributed by atoms with van der Waals surface area (Å²) in [5.74, 6) is -1.12. The molecule has 7 nitrogen and oxygen atoms in total. The van der Waals surface area contributed by atoms with Crippen LogP contribution in [0.25, 0.3) is 11.0 Å². The van der Waals surface area contributed by atoms with E-state index in [9.17, 15) is 9.59 Å². The first-order valence-corrected chi connectivity index (χ1v) is 6.29. The molecule has 0 aliphatic carbocycles. The van der Waals surface area contributed by atoms with Crippen molar-refractivity contribution >= 4 is 22.9 Å². The van der Waals surface area contributed by atoms with Crippen LogP contribution in [-0.2, 0) is 4.79 Å². The van der Waals surface area contributed by atoms with Crippen LogP contribution in [0.3, 0.4) is 0 Å². The molecular formula is C13H16N4O3. The van der Waals surface area contributed by atoms with Gasteiger partial charge in [-0.25, -0.2) is 9.48 Å². The molecule has 1 aromatic carbocycles. The first kappa shape index (κ1) is 14.0. The number of rotatable bonds is 4. The highest BCUT2D eigenvalue weighted by molar-refractivity contribution is 5.92. The number of nitrogens with zero attached hydrogens (tertiary/aromatic N) is 4. The molecule has 1 unspecified atom stereocenters. The minimum Gasteiger partial charge on any atom is -0.478 e. The van der Waals surface area contributed by atoms with Crippen molar-refractivity contribution in [2.24, 2.45) is 0 Å². The molecule has 0 radical (unpaired) electrons. The SMILES string of the molecule is CCN(C)C(=O)C(C)n1nnc2ccc(C(=O)O)cc21. The fraction of sp³-hybridized carbons (Fsp3) is 0.385. The smallest absolute Gasteiger partial charge is 0.335 e. The van der Waals surface area contributed by atoms with E-state index in [1.807, 2.05) is 6.92 Å². The molecule has 106 valence electrons. The monoisotopic (exact) mass is 276 g/mol. The van der Waals surface area contributed by atoms with Crippen LogP contribution in [0.1, 0.15) is 30.2 Å². The summed E-state index contributed by atoms with van der Waals surface area (Å²) >= 11 is 0. The maximum absolute atomic E-state index is 12.2. The van der Waals surface area contributed by atoms with Crippen molar-refractivity contribution in [2.45, 2.75) is 19.9 Å². The number of benzene rings is 1. The first-order chi connectivity index (χ1) is 9.45. The van der Waals surface area contributed by atoms with E-state index in [4.69, 9.17) is 5.11 Å². The van der Waals surface area contributed by atoms with Crippen LogP contribution in [0.5, 0.6) is 0 Å². The summed E-state index contributed by atoms with van der Waals surface area (Å²) in [6.07, 6.45) is 0. The van der Waals surface area contributed by atoms with Gasteiger partial charge in [0.15, 0.2) is 0 Å². The Balaban J connectivity index is 2.46. The van der Waals surface area contributed by atoms with Gasteiger partial charge in [0.25, 0.3) is 0 Å². The predicted octanol–water partition coefficient (Wildman–Crippen LogP) is 1.17. The molecule has 1 heterocycles. The Labute approximate surface area is 115 Å². The molecule has 0 saturated heterocycles. The Morgan fingerprint density at radius 2 is 2.15 bits per heavy atom. The molecule has 1 aromatic heterocycles. The molecule has 0 saturated carbocycles. The van der Waals surface area contributed by atoms with Crippen LogP contribution in [0.4, 0.5) is 0 Å². The van der Waals surface area contributed by atoms with E-state index in [1.54, 1.807) is 24.9 Å². The first-order valence-electron chi connectivity index (χ1n) is 6.29. The fourth-order valence-electron chi connectivity index (χ4n) is 1.93. The van der Waals surface area contributed by atoms with Gasteiger partial charge >= 0.3 is 5.97 Å². The van der Waals surface area contributed by atoms with Crippen molar-refractivity contribution in [2.75, 3.05) is 13.6 Å². The van der Waals surface area contributed by atoms with Gasteiger partial charge in [-0.15, -0.1) is 5.10 Å². The van der Waals surface area contributed by atoms with Crippen LogP contribution >= 0.6 is 0 Å². The molecule has 1 atom stereocenters. The van der Waals surface area contributed by atoms with E-state index >= 15 is 0 Å². The van der Waals surface area contributed by atoms with Crippen LogP contribution in [-0.4, -0.2) is 50.5 Å². The van der Waals surface area contributed by atoms with E-state index in [0.29, 0.717) is 17.6 Å². The lowest BCUT2D eigenvalue weighted by Crippen LogP contribution is -2.33. The molecule has 20 heavy (non-hydrogen) atoms. The molecule has 0 bridgehead atoms. The number of likely N-dealkylation sites (N-methyl/N-ethyl adjacent to an activating group) is 1. The average Bonchev–Trinajstić information content (AvgIpc) is 2.87. The van der Waals surface area contributed by atoms with Gasteiger partial charge in [-0.05, 0) is 32.0 Å². The number of fused-ring (bicyclic) bond motifs is 1.